The zero-order valence-corrected chi connectivity index (χ0v) is 9.83. The summed E-state index contributed by atoms with van der Waals surface area (Å²) in [5.41, 5.74) is 1.13. The molecule has 1 heterocycles. The van der Waals surface area contributed by atoms with E-state index in [1.807, 2.05) is 18.2 Å². The molecule has 2 aliphatic rings. The van der Waals surface area contributed by atoms with Gasteiger partial charge >= 0.3 is 0 Å². The lowest BCUT2D eigenvalue weighted by molar-refractivity contribution is -0.110. The van der Waals surface area contributed by atoms with Crippen LogP contribution in [0.4, 0.5) is 0 Å². The molecule has 1 saturated heterocycles. The molecule has 0 spiro atoms. The molecule has 0 atom stereocenters. The third-order valence-corrected chi connectivity index (χ3v) is 4.59. The van der Waals surface area contributed by atoms with Gasteiger partial charge in [0.05, 0.1) is 18.6 Å². The molecule has 1 aromatic carbocycles. The molecular formula is C13H15ClO2. The van der Waals surface area contributed by atoms with Gasteiger partial charge in [-0.1, -0.05) is 29.8 Å². The van der Waals surface area contributed by atoms with Crippen molar-refractivity contribution in [1.29, 1.82) is 0 Å². The summed E-state index contributed by atoms with van der Waals surface area (Å²) in [7, 11) is 0. The van der Waals surface area contributed by atoms with E-state index in [0.29, 0.717) is 13.2 Å². The third kappa shape index (κ3) is 1.21. The van der Waals surface area contributed by atoms with Crippen molar-refractivity contribution < 1.29 is 9.84 Å². The van der Waals surface area contributed by atoms with Crippen LogP contribution in [0.25, 0.3) is 0 Å². The van der Waals surface area contributed by atoms with Crippen molar-refractivity contribution in [1.82, 2.24) is 0 Å². The van der Waals surface area contributed by atoms with Gasteiger partial charge in [0.25, 0.3) is 0 Å². The maximum atomic E-state index is 9.61. The summed E-state index contributed by atoms with van der Waals surface area (Å²) in [6.45, 7) is 1.62. The van der Waals surface area contributed by atoms with Crippen LogP contribution in [-0.2, 0) is 10.2 Å². The van der Waals surface area contributed by atoms with Crippen LogP contribution in [0.3, 0.4) is 0 Å². The molecule has 0 amide bonds. The van der Waals surface area contributed by atoms with E-state index >= 15 is 0 Å². The molecule has 0 bridgehead atoms. The minimum absolute atomic E-state index is 0.0241. The number of ether oxygens (including phenoxy) is 1. The first-order valence-corrected chi connectivity index (χ1v) is 6.06. The van der Waals surface area contributed by atoms with Crippen LogP contribution >= 0.6 is 11.6 Å². The second-order valence-electron chi connectivity index (χ2n) is 4.99. The van der Waals surface area contributed by atoms with E-state index in [1.54, 1.807) is 0 Å². The highest BCUT2D eigenvalue weighted by Crippen LogP contribution is 2.62. The number of aliphatic hydroxyl groups excluding tert-OH is 1. The monoisotopic (exact) mass is 238 g/mol. The second-order valence-corrected chi connectivity index (χ2v) is 5.40. The predicted octanol–water partition coefficient (Wildman–Crippen LogP) is 2.38. The van der Waals surface area contributed by atoms with Gasteiger partial charge in [-0.15, -0.1) is 0 Å². The fraction of sp³-hybridized carbons (Fsp3) is 0.538. The summed E-state index contributed by atoms with van der Waals surface area (Å²) < 4.78 is 5.41. The van der Waals surface area contributed by atoms with Gasteiger partial charge in [-0.25, -0.2) is 0 Å². The molecule has 16 heavy (non-hydrogen) atoms. The maximum absolute atomic E-state index is 9.61. The van der Waals surface area contributed by atoms with Gasteiger partial charge in [0.1, 0.15) is 0 Å². The van der Waals surface area contributed by atoms with Crippen LogP contribution in [0.15, 0.2) is 24.3 Å². The van der Waals surface area contributed by atoms with Gasteiger partial charge in [0.15, 0.2) is 0 Å². The van der Waals surface area contributed by atoms with E-state index in [2.05, 4.69) is 6.07 Å². The van der Waals surface area contributed by atoms with Crippen molar-refractivity contribution in [2.24, 2.45) is 5.41 Å². The largest absolute Gasteiger partial charge is 0.396 e. The molecule has 2 fully saturated rings. The number of aliphatic hydroxyl groups is 1. The summed E-state index contributed by atoms with van der Waals surface area (Å²) in [5.74, 6) is 0. The maximum Gasteiger partial charge on any atom is 0.0592 e. The van der Waals surface area contributed by atoms with Crippen molar-refractivity contribution >= 4 is 11.6 Å². The standard InChI is InChI=1S/C13H15ClO2/c14-11-4-2-1-3-10(11)13(8-16-9-13)12(7-15)5-6-12/h1-4,15H,5-9H2. The van der Waals surface area contributed by atoms with E-state index in [9.17, 15) is 5.11 Å². The molecule has 2 nitrogen and oxygen atoms in total. The Morgan fingerprint density at radius 3 is 2.38 bits per heavy atom. The lowest BCUT2D eigenvalue weighted by Gasteiger charge is -2.48. The fourth-order valence-electron chi connectivity index (χ4n) is 2.84. The molecule has 3 rings (SSSR count). The van der Waals surface area contributed by atoms with Crippen LogP contribution < -0.4 is 0 Å². The zero-order valence-electron chi connectivity index (χ0n) is 9.08. The number of hydrogen-bond donors (Lipinski definition) is 1. The molecule has 0 unspecified atom stereocenters. The highest BCUT2D eigenvalue weighted by atomic mass is 35.5. The normalized spacial score (nSPS) is 24.9. The first kappa shape index (κ1) is 10.6. The Labute approximate surface area is 100 Å². The molecule has 0 aromatic heterocycles. The molecule has 1 aliphatic carbocycles. The van der Waals surface area contributed by atoms with E-state index in [4.69, 9.17) is 16.3 Å². The molecule has 1 saturated carbocycles. The zero-order chi connectivity index (χ0) is 11.2. The Bertz CT molecular complexity index is 408. The van der Waals surface area contributed by atoms with E-state index < -0.39 is 0 Å². The van der Waals surface area contributed by atoms with Crippen molar-refractivity contribution in [2.75, 3.05) is 19.8 Å². The van der Waals surface area contributed by atoms with Gasteiger partial charge in [-0.2, -0.15) is 0 Å². The highest BCUT2D eigenvalue weighted by molar-refractivity contribution is 6.31. The Morgan fingerprint density at radius 2 is 1.94 bits per heavy atom. The Morgan fingerprint density at radius 1 is 1.25 bits per heavy atom. The van der Waals surface area contributed by atoms with Gasteiger partial charge in [-0.05, 0) is 24.5 Å². The van der Waals surface area contributed by atoms with E-state index in [0.717, 1.165) is 23.4 Å². The predicted molar refractivity (Wildman–Crippen MR) is 62.7 cm³/mol. The molecular weight excluding hydrogens is 224 g/mol. The van der Waals surface area contributed by atoms with E-state index in [-0.39, 0.29) is 17.4 Å². The van der Waals surface area contributed by atoms with Crippen LogP contribution in [0.1, 0.15) is 18.4 Å². The van der Waals surface area contributed by atoms with Gasteiger partial charge in [-0.3, -0.25) is 0 Å². The molecule has 0 radical (unpaired) electrons. The third-order valence-electron chi connectivity index (χ3n) is 4.26. The minimum atomic E-state index is -0.0416. The Hall–Kier alpha value is -0.570. The first-order valence-electron chi connectivity index (χ1n) is 5.68. The minimum Gasteiger partial charge on any atom is -0.396 e. The van der Waals surface area contributed by atoms with Gasteiger partial charge in [0, 0.05) is 17.0 Å². The number of hydrogen-bond acceptors (Lipinski definition) is 2. The summed E-state index contributed by atoms with van der Waals surface area (Å²) >= 11 is 6.27. The molecule has 1 N–H and O–H groups in total. The number of rotatable bonds is 3. The Kier molecular flexibility index (Phi) is 2.29. The Balaban J connectivity index is 2.06. The summed E-state index contributed by atoms with van der Waals surface area (Å²) in [6, 6.07) is 7.94. The molecule has 3 heteroatoms. The fourth-order valence-corrected chi connectivity index (χ4v) is 3.16. The lowest BCUT2D eigenvalue weighted by atomic mass is 9.66. The summed E-state index contributed by atoms with van der Waals surface area (Å²) in [5, 5.41) is 10.4. The summed E-state index contributed by atoms with van der Waals surface area (Å²) in [4.78, 5) is 0. The number of benzene rings is 1. The van der Waals surface area contributed by atoms with Crippen LogP contribution in [-0.4, -0.2) is 24.9 Å². The summed E-state index contributed by atoms with van der Waals surface area (Å²) in [6.07, 6.45) is 2.16. The average molecular weight is 239 g/mol. The van der Waals surface area contributed by atoms with Crippen LogP contribution in [0, 0.1) is 5.41 Å². The van der Waals surface area contributed by atoms with E-state index in [1.165, 1.54) is 0 Å². The highest BCUT2D eigenvalue weighted by Gasteiger charge is 2.63. The SMILES string of the molecule is OCC1(C2(c3ccccc3Cl)COC2)CC1. The van der Waals surface area contributed by atoms with Crippen molar-refractivity contribution in [3.8, 4) is 0 Å². The topological polar surface area (TPSA) is 29.5 Å². The van der Waals surface area contributed by atoms with Crippen LogP contribution in [0.2, 0.25) is 5.02 Å². The first-order chi connectivity index (χ1) is 7.74. The molecule has 1 aliphatic heterocycles. The van der Waals surface area contributed by atoms with Crippen molar-refractivity contribution in [3.05, 3.63) is 34.9 Å². The van der Waals surface area contributed by atoms with Gasteiger partial charge in [0.2, 0.25) is 0 Å². The average Bonchev–Trinajstić information content (AvgIpc) is 3.01. The quantitative estimate of drug-likeness (QED) is 0.876. The second kappa shape index (κ2) is 3.46. The van der Waals surface area contributed by atoms with Crippen molar-refractivity contribution in [2.45, 2.75) is 18.3 Å². The smallest absolute Gasteiger partial charge is 0.0592 e. The molecule has 1 aromatic rings. The lowest BCUT2D eigenvalue weighted by Crippen LogP contribution is -2.55. The molecule has 86 valence electrons. The van der Waals surface area contributed by atoms with Crippen LogP contribution in [0.5, 0.6) is 0 Å². The van der Waals surface area contributed by atoms with Crippen molar-refractivity contribution in [3.63, 3.8) is 0 Å². The number of halogens is 1. The van der Waals surface area contributed by atoms with Gasteiger partial charge < -0.3 is 9.84 Å².